The van der Waals surface area contributed by atoms with Crippen molar-refractivity contribution in [3.63, 3.8) is 0 Å². The SMILES string of the molecule is O=C1CC(c2ccc([N+](=O)[O-])cc2Br)CN1. The second-order valence-electron chi connectivity index (χ2n) is 3.67. The fourth-order valence-corrected chi connectivity index (χ4v) is 2.48. The second kappa shape index (κ2) is 4.21. The Morgan fingerprint density at radius 3 is 2.75 bits per heavy atom. The van der Waals surface area contributed by atoms with Crippen LogP contribution in [0.5, 0.6) is 0 Å². The number of benzene rings is 1. The topological polar surface area (TPSA) is 72.2 Å². The predicted octanol–water partition coefficient (Wildman–Crippen LogP) is 1.96. The highest BCUT2D eigenvalue weighted by Gasteiger charge is 2.25. The van der Waals surface area contributed by atoms with E-state index in [-0.39, 0.29) is 17.5 Å². The summed E-state index contributed by atoms with van der Waals surface area (Å²) in [6.07, 6.45) is 0.441. The van der Waals surface area contributed by atoms with Gasteiger partial charge in [0.1, 0.15) is 0 Å². The molecule has 84 valence electrons. The van der Waals surface area contributed by atoms with Crippen LogP contribution in [0.4, 0.5) is 5.69 Å². The standard InChI is InChI=1S/C10H9BrN2O3/c11-9-4-7(13(15)16)1-2-8(9)6-3-10(14)12-5-6/h1-2,4,6H,3,5H2,(H,12,14). The van der Waals surface area contributed by atoms with Gasteiger partial charge in [0.25, 0.3) is 5.69 Å². The Morgan fingerprint density at radius 1 is 1.50 bits per heavy atom. The van der Waals surface area contributed by atoms with Crippen molar-refractivity contribution in [1.82, 2.24) is 5.32 Å². The lowest BCUT2D eigenvalue weighted by Crippen LogP contribution is -2.13. The number of nitro benzene ring substituents is 1. The molecule has 1 heterocycles. The quantitative estimate of drug-likeness (QED) is 0.667. The lowest BCUT2D eigenvalue weighted by atomic mass is 9.98. The van der Waals surface area contributed by atoms with Crippen LogP contribution < -0.4 is 5.32 Å². The molecular formula is C10H9BrN2O3. The van der Waals surface area contributed by atoms with Crippen molar-refractivity contribution in [1.29, 1.82) is 0 Å². The number of nitro groups is 1. The molecule has 1 amide bonds. The summed E-state index contributed by atoms with van der Waals surface area (Å²) in [4.78, 5) is 21.2. The van der Waals surface area contributed by atoms with Gasteiger partial charge in [-0.15, -0.1) is 0 Å². The van der Waals surface area contributed by atoms with Crippen LogP contribution in [0.3, 0.4) is 0 Å². The van der Waals surface area contributed by atoms with Crippen molar-refractivity contribution < 1.29 is 9.72 Å². The Balaban J connectivity index is 2.29. The Bertz CT molecular complexity index is 461. The molecule has 1 atom stereocenters. The number of non-ortho nitro benzene ring substituents is 1. The maximum Gasteiger partial charge on any atom is 0.270 e. The first-order valence-electron chi connectivity index (χ1n) is 4.78. The highest BCUT2D eigenvalue weighted by molar-refractivity contribution is 9.10. The van der Waals surface area contributed by atoms with Crippen molar-refractivity contribution in [2.24, 2.45) is 0 Å². The van der Waals surface area contributed by atoms with Crippen molar-refractivity contribution in [2.75, 3.05) is 6.54 Å². The molecule has 0 spiro atoms. The number of nitrogens with zero attached hydrogens (tertiary/aromatic N) is 1. The fourth-order valence-electron chi connectivity index (χ4n) is 1.79. The molecule has 0 saturated carbocycles. The molecule has 1 unspecified atom stereocenters. The third-order valence-electron chi connectivity index (χ3n) is 2.61. The van der Waals surface area contributed by atoms with Crippen LogP contribution in [0, 0.1) is 10.1 Å². The van der Waals surface area contributed by atoms with Gasteiger partial charge in [-0.25, -0.2) is 0 Å². The van der Waals surface area contributed by atoms with Gasteiger partial charge in [-0.1, -0.05) is 22.0 Å². The van der Waals surface area contributed by atoms with E-state index in [1.165, 1.54) is 12.1 Å². The summed E-state index contributed by atoms with van der Waals surface area (Å²) >= 11 is 3.30. The number of hydrogen-bond donors (Lipinski definition) is 1. The van der Waals surface area contributed by atoms with Crippen molar-refractivity contribution in [2.45, 2.75) is 12.3 Å². The number of amides is 1. The summed E-state index contributed by atoms with van der Waals surface area (Å²) in [7, 11) is 0. The molecule has 0 bridgehead atoms. The zero-order chi connectivity index (χ0) is 11.7. The summed E-state index contributed by atoms with van der Waals surface area (Å²) in [6, 6.07) is 4.63. The number of carbonyl (C=O) groups excluding carboxylic acids is 1. The zero-order valence-electron chi connectivity index (χ0n) is 8.27. The van der Waals surface area contributed by atoms with Gasteiger partial charge in [-0.2, -0.15) is 0 Å². The van der Waals surface area contributed by atoms with Gasteiger partial charge in [-0.3, -0.25) is 14.9 Å². The minimum absolute atomic E-state index is 0.0234. The maximum atomic E-state index is 11.1. The fraction of sp³-hybridized carbons (Fsp3) is 0.300. The molecule has 16 heavy (non-hydrogen) atoms. The molecule has 1 N–H and O–H groups in total. The molecule has 6 heteroatoms. The van der Waals surface area contributed by atoms with Crippen molar-refractivity contribution in [3.05, 3.63) is 38.3 Å². The molecule has 0 aromatic heterocycles. The molecule has 1 fully saturated rings. The van der Waals surface area contributed by atoms with E-state index in [2.05, 4.69) is 21.2 Å². The molecular weight excluding hydrogens is 276 g/mol. The molecule has 1 aromatic rings. The number of carbonyl (C=O) groups is 1. The first-order valence-corrected chi connectivity index (χ1v) is 5.58. The predicted molar refractivity (Wildman–Crippen MR) is 61.2 cm³/mol. The molecule has 1 saturated heterocycles. The summed E-state index contributed by atoms with van der Waals surface area (Å²) in [6.45, 7) is 0.593. The van der Waals surface area contributed by atoms with E-state index in [1.54, 1.807) is 6.07 Å². The van der Waals surface area contributed by atoms with E-state index < -0.39 is 4.92 Å². The highest BCUT2D eigenvalue weighted by Crippen LogP contribution is 2.32. The third kappa shape index (κ3) is 2.06. The average Bonchev–Trinajstić information content (AvgIpc) is 2.64. The molecule has 5 nitrogen and oxygen atoms in total. The average molecular weight is 285 g/mol. The molecule has 1 aliphatic rings. The molecule has 2 rings (SSSR count). The van der Waals surface area contributed by atoms with Gasteiger partial charge in [0.05, 0.1) is 4.92 Å². The smallest absolute Gasteiger partial charge is 0.270 e. The lowest BCUT2D eigenvalue weighted by Gasteiger charge is -2.09. The van der Waals surface area contributed by atoms with Crippen LogP contribution in [0.25, 0.3) is 0 Å². The minimum atomic E-state index is -0.438. The second-order valence-corrected chi connectivity index (χ2v) is 4.52. The maximum absolute atomic E-state index is 11.1. The summed E-state index contributed by atoms with van der Waals surface area (Å²) < 4.78 is 0.684. The summed E-state index contributed by atoms with van der Waals surface area (Å²) in [5, 5.41) is 13.3. The first kappa shape index (κ1) is 11.1. The minimum Gasteiger partial charge on any atom is -0.355 e. The Labute approximate surface area is 100 Å². The van der Waals surface area contributed by atoms with E-state index >= 15 is 0 Å². The van der Waals surface area contributed by atoms with E-state index in [9.17, 15) is 14.9 Å². The van der Waals surface area contributed by atoms with Gasteiger partial charge in [0.15, 0.2) is 0 Å². The van der Waals surface area contributed by atoms with E-state index in [0.29, 0.717) is 17.4 Å². The van der Waals surface area contributed by atoms with Gasteiger partial charge >= 0.3 is 0 Å². The van der Waals surface area contributed by atoms with E-state index in [1.807, 2.05) is 0 Å². The normalized spacial score (nSPS) is 19.6. The lowest BCUT2D eigenvalue weighted by molar-refractivity contribution is -0.384. The Hall–Kier alpha value is -1.43. The van der Waals surface area contributed by atoms with Crippen molar-refractivity contribution in [3.8, 4) is 0 Å². The number of hydrogen-bond acceptors (Lipinski definition) is 3. The van der Waals surface area contributed by atoms with Gasteiger partial charge in [0, 0.05) is 35.5 Å². The largest absolute Gasteiger partial charge is 0.355 e. The van der Waals surface area contributed by atoms with Crippen LogP contribution in [0.2, 0.25) is 0 Å². The van der Waals surface area contributed by atoms with Gasteiger partial charge in [0.2, 0.25) is 5.91 Å². The van der Waals surface area contributed by atoms with Crippen molar-refractivity contribution >= 4 is 27.5 Å². The number of nitrogens with one attached hydrogen (secondary N) is 1. The molecule has 0 aliphatic carbocycles. The third-order valence-corrected chi connectivity index (χ3v) is 3.30. The van der Waals surface area contributed by atoms with Gasteiger partial charge in [-0.05, 0) is 5.56 Å². The summed E-state index contributed by atoms with van der Waals surface area (Å²) in [5.41, 5.74) is 0.983. The monoisotopic (exact) mass is 284 g/mol. The molecule has 0 radical (unpaired) electrons. The zero-order valence-corrected chi connectivity index (χ0v) is 9.86. The van der Waals surface area contributed by atoms with Crippen LogP contribution in [-0.4, -0.2) is 17.4 Å². The molecule has 1 aliphatic heterocycles. The van der Waals surface area contributed by atoms with Crippen LogP contribution >= 0.6 is 15.9 Å². The van der Waals surface area contributed by atoms with Crippen LogP contribution in [0.1, 0.15) is 17.9 Å². The first-order chi connectivity index (χ1) is 7.58. The van der Waals surface area contributed by atoms with Crippen LogP contribution in [-0.2, 0) is 4.79 Å². The van der Waals surface area contributed by atoms with E-state index in [0.717, 1.165) is 5.56 Å². The Morgan fingerprint density at radius 2 is 2.25 bits per heavy atom. The number of rotatable bonds is 2. The summed E-state index contributed by atoms with van der Waals surface area (Å²) in [5.74, 6) is 0.123. The Kier molecular flexibility index (Phi) is 2.91. The molecule has 1 aromatic carbocycles. The van der Waals surface area contributed by atoms with Crippen LogP contribution in [0.15, 0.2) is 22.7 Å². The van der Waals surface area contributed by atoms with E-state index in [4.69, 9.17) is 0 Å². The highest BCUT2D eigenvalue weighted by atomic mass is 79.9. The van der Waals surface area contributed by atoms with Gasteiger partial charge < -0.3 is 5.32 Å². The number of halogens is 1.